The van der Waals surface area contributed by atoms with Gasteiger partial charge in [0.05, 0.1) is 11.1 Å². The molecule has 0 amide bonds. The van der Waals surface area contributed by atoms with Gasteiger partial charge in [0.15, 0.2) is 0 Å². The van der Waals surface area contributed by atoms with Crippen LogP contribution in [-0.2, 0) is 10.9 Å². The molecule has 0 saturated carbocycles. The minimum atomic E-state index is -4.47. The van der Waals surface area contributed by atoms with Gasteiger partial charge in [0.1, 0.15) is 6.10 Å². The van der Waals surface area contributed by atoms with Crippen molar-refractivity contribution in [1.29, 1.82) is 0 Å². The molecule has 20 heavy (non-hydrogen) atoms. The number of anilines is 1. The maximum atomic E-state index is 12.7. The number of alkyl halides is 3. The van der Waals surface area contributed by atoms with Crippen molar-refractivity contribution in [2.24, 2.45) is 0 Å². The van der Waals surface area contributed by atoms with Crippen molar-refractivity contribution in [3.8, 4) is 11.5 Å². The van der Waals surface area contributed by atoms with E-state index in [0.717, 1.165) is 18.2 Å². The van der Waals surface area contributed by atoms with E-state index in [-0.39, 0.29) is 23.0 Å². The highest BCUT2D eigenvalue weighted by atomic mass is 19.4. The van der Waals surface area contributed by atoms with Crippen molar-refractivity contribution < 1.29 is 22.4 Å². The van der Waals surface area contributed by atoms with Crippen LogP contribution in [0.1, 0.15) is 24.4 Å². The zero-order valence-electron chi connectivity index (χ0n) is 10.7. The molecule has 5 nitrogen and oxygen atoms in total. The standard InChI is InChI=1S/C12H12F3N3O2/c1-6(19-2)10-17-11(20-18-10)8-5-7(12(13,14)15)3-4-9(8)16/h3-6H,16H2,1-2H3. The van der Waals surface area contributed by atoms with Crippen molar-refractivity contribution in [2.75, 3.05) is 12.8 Å². The molecule has 0 radical (unpaired) electrons. The first-order valence-corrected chi connectivity index (χ1v) is 5.66. The number of methoxy groups -OCH3 is 1. The van der Waals surface area contributed by atoms with Crippen LogP contribution in [-0.4, -0.2) is 17.3 Å². The number of hydrogen-bond donors (Lipinski definition) is 1. The molecule has 8 heteroatoms. The van der Waals surface area contributed by atoms with Gasteiger partial charge in [-0.15, -0.1) is 0 Å². The van der Waals surface area contributed by atoms with E-state index in [1.165, 1.54) is 7.11 Å². The monoisotopic (exact) mass is 287 g/mol. The van der Waals surface area contributed by atoms with E-state index >= 15 is 0 Å². The largest absolute Gasteiger partial charge is 0.416 e. The van der Waals surface area contributed by atoms with Crippen molar-refractivity contribution in [2.45, 2.75) is 19.2 Å². The number of halogens is 3. The maximum Gasteiger partial charge on any atom is 0.416 e. The molecule has 0 aliphatic heterocycles. The molecule has 0 spiro atoms. The Hall–Kier alpha value is -2.09. The second-order valence-electron chi connectivity index (χ2n) is 4.14. The zero-order valence-corrected chi connectivity index (χ0v) is 10.7. The Bertz CT molecular complexity index is 610. The van der Waals surface area contributed by atoms with E-state index in [0.29, 0.717) is 0 Å². The molecular formula is C12H12F3N3O2. The summed E-state index contributed by atoms with van der Waals surface area (Å²) in [5.41, 5.74) is 4.99. The molecule has 1 unspecified atom stereocenters. The third kappa shape index (κ3) is 2.74. The Kier molecular flexibility index (Phi) is 3.67. The van der Waals surface area contributed by atoms with E-state index < -0.39 is 17.8 Å². The molecule has 2 N–H and O–H groups in total. The lowest BCUT2D eigenvalue weighted by Crippen LogP contribution is -2.05. The second-order valence-corrected chi connectivity index (χ2v) is 4.14. The third-order valence-corrected chi connectivity index (χ3v) is 2.77. The fraction of sp³-hybridized carbons (Fsp3) is 0.333. The number of nitrogens with zero attached hydrogens (tertiary/aromatic N) is 2. The lowest BCUT2D eigenvalue weighted by Gasteiger charge is -2.08. The molecule has 1 aromatic heterocycles. The summed E-state index contributed by atoms with van der Waals surface area (Å²) in [5.74, 6) is 0.159. The summed E-state index contributed by atoms with van der Waals surface area (Å²) in [6.07, 6.45) is -4.90. The number of rotatable bonds is 3. The van der Waals surface area contributed by atoms with Crippen LogP contribution in [0, 0.1) is 0 Å². The molecule has 0 bridgehead atoms. The minimum absolute atomic E-state index is 0.0434. The molecule has 2 aromatic rings. The van der Waals surface area contributed by atoms with Gasteiger partial charge in [0.25, 0.3) is 5.89 Å². The van der Waals surface area contributed by atoms with Gasteiger partial charge in [-0.3, -0.25) is 0 Å². The summed E-state index contributed by atoms with van der Waals surface area (Å²) in [4.78, 5) is 3.99. The number of hydrogen-bond acceptors (Lipinski definition) is 5. The van der Waals surface area contributed by atoms with E-state index in [9.17, 15) is 13.2 Å². The van der Waals surface area contributed by atoms with Crippen LogP contribution in [0.4, 0.5) is 18.9 Å². The maximum absolute atomic E-state index is 12.7. The summed E-state index contributed by atoms with van der Waals surface area (Å²) in [7, 11) is 1.46. The fourth-order valence-electron chi connectivity index (χ4n) is 1.53. The molecule has 1 aromatic carbocycles. The predicted molar refractivity (Wildman–Crippen MR) is 64.6 cm³/mol. The van der Waals surface area contributed by atoms with E-state index in [1.54, 1.807) is 6.92 Å². The van der Waals surface area contributed by atoms with Gasteiger partial charge in [-0.2, -0.15) is 18.2 Å². The number of benzene rings is 1. The molecule has 1 heterocycles. The van der Waals surface area contributed by atoms with Crippen molar-refractivity contribution in [1.82, 2.24) is 10.1 Å². The van der Waals surface area contributed by atoms with Crippen molar-refractivity contribution >= 4 is 5.69 Å². The van der Waals surface area contributed by atoms with Crippen molar-refractivity contribution in [3.63, 3.8) is 0 Å². The molecule has 0 fully saturated rings. The van der Waals surface area contributed by atoms with Crippen molar-refractivity contribution in [3.05, 3.63) is 29.6 Å². The lowest BCUT2D eigenvalue weighted by molar-refractivity contribution is -0.137. The number of nitrogen functional groups attached to an aromatic ring is 1. The summed E-state index contributed by atoms with van der Waals surface area (Å²) < 4.78 is 48.0. The van der Waals surface area contributed by atoms with E-state index in [2.05, 4.69) is 10.1 Å². The Labute approximate surface area is 112 Å². The highest BCUT2D eigenvalue weighted by Crippen LogP contribution is 2.34. The first-order chi connectivity index (χ1) is 9.32. The Balaban J connectivity index is 2.44. The van der Waals surface area contributed by atoms with Crippen LogP contribution in [0.25, 0.3) is 11.5 Å². The van der Waals surface area contributed by atoms with Gasteiger partial charge in [-0.05, 0) is 25.1 Å². The SMILES string of the molecule is COC(C)c1noc(-c2cc(C(F)(F)F)ccc2N)n1. The quantitative estimate of drug-likeness (QED) is 0.878. The van der Waals surface area contributed by atoms with Gasteiger partial charge in [-0.25, -0.2) is 0 Å². The van der Waals surface area contributed by atoms with Gasteiger partial charge in [-0.1, -0.05) is 5.16 Å². The molecule has 1 atom stereocenters. The molecule has 0 aliphatic carbocycles. The average Bonchev–Trinajstić information content (AvgIpc) is 2.86. The van der Waals surface area contributed by atoms with Crippen LogP contribution in [0.15, 0.2) is 22.7 Å². The minimum Gasteiger partial charge on any atom is -0.398 e. The highest BCUT2D eigenvalue weighted by Gasteiger charge is 2.31. The number of ether oxygens (including phenoxy) is 1. The lowest BCUT2D eigenvalue weighted by atomic mass is 10.1. The summed E-state index contributed by atoms with van der Waals surface area (Å²) in [5, 5.41) is 3.65. The molecule has 108 valence electrons. The summed E-state index contributed by atoms with van der Waals surface area (Å²) in [6.45, 7) is 1.68. The Morgan fingerprint density at radius 1 is 1.35 bits per heavy atom. The van der Waals surface area contributed by atoms with Gasteiger partial charge in [0.2, 0.25) is 5.82 Å². The van der Waals surface area contributed by atoms with Crippen LogP contribution in [0.3, 0.4) is 0 Å². The zero-order chi connectivity index (χ0) is 14.9. The van der Waals surface area contributed by atoms with Gasteiger partial charge < -0.3 is 15.0 Å². The second kappa shape index (κ2) is 5.12. The van der Waals surface area contributed by atoms with Crippen LogP contribution in [0.5, 0.6) is 0 Å². The average molecular weight is 287 g/mol. The third-order valence-electron chi connectivity index (χ3n) is 2.77. The first kappa shape index (κ1) is 14.3. The predicted octanol–water partition coefficient (Wildman–Crippen LogP) is 3.05. The van der Waals surface area contributed by atoms with E-state index in [1.807, 2.05) is 0 Å². The molecule has 0 saturated heterocycles. The molecule has 0 aliphatic rings. The van der Waals surface area contributed by atoms with Gasteiger partial charge in [0, 0.05) is 12.8 Å². The summed E-state index contributed by atoms with van der Waals surface area (Å²) >= 11 is 0. The smallest absolute Gasteiger partial charge is 0.398 e. The van der Waals surface area contributed by atoms with Crippen LogP contribution >= 0.6 is 0 Å². The Morgan fingerprint density at radius 3 is 2.65 bits per heavy atom. The first-order valence-electron chi connectivity index (χ1n) is 5.66. The van der Waals surface area contributed by atoms with Crippen LogP contribution < -0.4 is 5.73 Å². The molecular weight excluding hydrogens is 275 g/mol. The van der Waals surface area contributed by atoms with Crippen LogP contribution in [0.2, 0.25) is 0 Å². The van der Waals surface area contributed by atoms with Gasteiger partial charge >= 0.3 is 6.18 Å². The Morgan fingerprint density at radius 2 is 2.05 bits per heavy atom. The number of nitrogens with two attached hydrogens (primary N) is 1. The number of aromatic nitrogens is 2. The normalized spacial score (nSPS) is 13.4. The summed E-state index contributed by atoms with van der Waals surface area (Å²) in [6, 6.07) is 2.93. The fourth-order valence-corrected chi connectivity index (χ4v) is 1.53. The van der Waals surface area contributed by atoms with E-state index in [4.69, 9.17) is 15.0 Å². The highest BCUT2D eigenvalue weighted by molar-refractivity contribution is 5.71. The molecule has 2 rings (SSSR count). The topological polar surface area (TPSA) is 74.2 Å².